The third kappa shape index (κ3) is 6.61. The zero-order chi connectivity index (χ0) is 28.1. The lowest BCUT2D eigenvalue weighted by atomic mass is 9.99. The first-order valence-corrected chi connectivity index (χ1v) is 12.8. The maximum absolute atomic E-state index is 13.7. The van der Waals surface area contributed by atoms with E-state index in [1.165, 1.54) is 4.90 Å². The molecule has 3 atom stereocenters. The molecule has 38 heavy (non-hydrogen) atoms. The molecule has 0 radical (unpaired) electrons. The molecule has 0 bridgehead atoms. The summed E-state index contributed by atoms with van der Waals surface area (Å²) in [5.74, 6) is -0.343. The van der Waals surface area contributed by atoms with E-state index in [-0.39, 0.29) is 47.9 Å². The summed E-state index contributed by atoms with van der Waals surface area (Å²) < 4.78 is 6.28. The highest BCUT2D eigenvalue weighted by Crippen LogP contribution is 2.30. The van der Waals surface area contributed by atoms with Gasteiger partial charge in [-0.25, -0.2) is 9.78 Å². The van der Waals surface area contributed by atoms with E-state index in [0.29, 0.717) is 24.2 Å². The van der Waals surface area contributed by atoms with Crippen molar-refractivity contribution in [3.63, 3.8) is 0 Å². The van der Waals surface area contributed by atoms with Gasteiger partial charge >= 0.3 is 6.03 Å². The number of benzene rings is 1. The van der Waals surface area contributed by atoms with Crippen molar-refractivity contribution in [2.45, 2.75) is 45.9 Å². The van der Waals surface area contributed by atoms with Gasteiger partial charge in [0.2, 0.25) is 5.88 Å². The largest absolute Gasteiger partial charge is 0.472 e. The van der Waals surface area contributed by atoms with Gasteiger partial charge < -0.3 is 29.9 Å². The summed E-state index contributed by atoms with van der Waals surface area (Å²) in [7, 11) is 5.10. The molecule has 206 valence electrons. The summed E-state index contributed by atoms with van der Waals surface area (Å²) in [6.45, 7) is 7.98. The molecule has 0 fully saturated rings. The molecular formula is C28H39N5O5. The maximum Gasteiger partial charge on any atom is 0.317 e. The number of aliphatic hydroxyl groups is 1. The van der Waals surface area contributed by atoms with Crippen molar-refractivity contribution in [1.82, 2.24) is 25.0 Å². The number of rotatable bonds is 7. The molecule has 0 saturated heterocycles. The van der Waals surface area contributed by atoms with Gasteiger partial charge in [0, 0.05) is 57.0 Å². The monoisotopic (exact) mass is 525 g/mol. The van der Waals surface area contributed by atoms with Gasteiger partial charge in [0.05, 0.1) is 19.2 Å². The van der Waals surface area contributed by atoms with E-state index in [0.717, 1.165) is 5.56 Å². The predicted octanol–water partition coefficient (Wildman–Crippen LogP) is 2.72. The quantitative estimate of drug-likeness (QED) is 0.575. The van der Waals surface area contributed by atoms with E-state index >= 15 is 0 Å². The maximum atomic E-state index is 13.7. The van der Waals surface area contributed by atoms with Gasteiger partial charge in [-0.1, -0.05) is 19.1 Å². The smallest absolute Gasteiger partial charge is 0.317 e. The van der Waals surface area contributed by atoms with Crippen LogP contribution in [0.2, 0.25) is 0 Å². The third-order valence-electron chi connectivity index (χ3n) is 6.61. The van der Waals surface area contributed by atoms with Crippen molar-refractivity contribution < 1.29 is 24.2 Å². The number of pyridine rings is 1. The van der Waals surface area contributed by atoms with Gasteiger partial charge in [0.1, 0.15) is 11.7 Å². The molecule has 10 heteroatoms. The predicted molar refractivity (Wildman–Crippen MR) is 145 cm³/mol. The molecule has 1 aliphatic rings. The number of nitrogens with one attached hydrogen (secondary N) is 1. The summed E-state index contributed by atoms with van der Waals surface area (Å²) >= 11 is 0. The van der Waals surface area contributed by atoms with Gasteiger partial charge in [-0.15, -0.1) is 0 Å². The summed E-state index contributed by atoms with van der Waals surface area (Å²) in [5.41, 5.74) is 2.33. The molecule has 0 spiro atoms. The van der Waals surface area contributed by atoms with E-state index in [4.69, 9.17) is 4.74 Å². The van der Waals surface area contributed by atoms with Crippen molar-refractivity contribution >= 4 is 17.8 Å². The minimum absolute atomic E-state index is 0.00461. The second-order valence-corrected chi connectivity index (χ2v) is 10.5. The fourth-order valence-electron chi connectivity index (χ4n) is 4.25. The lowest BCUT2D eigenvalue weighted by Gasteiger charge is -2.37. The van der Waals surface area contributed by atoms with Crippen LogP contribution in [0.4, 0.5) is 4.79 Å². The normalized spacial score (nSPS) is 18.1. The van der Waals surface area contributed by atoms with E-state index in [1.807, 2.05) is 32.9 Å². The molecule has 2 heterocycles. The Morgan fingerprint density at radius 2 is 1.82 bits per heavy atom. The zero-order valence-corrected chi connectivity index (χ0v) is 23.3. The molecule has 0 saturated carbocycles. The average molecular weight is 526 g/mol. The Bertz CT molecular complexity index is 1150. The van der Waals surface area contributed by atoms with Crippen LogP contribution in [0, 0.1) is 5.92 Å². The van der Waals surface area contributed by atoms with Crippen LogP contribution in [0.1, 0.15) is 48.4 Å². The minimum Gasteiger partial charge on any atom is -0.472 e. The van der Waals surface area contributed by atoms with Crippen LogP contribution in [-0.4, -0.2) is 102 Å². The van der Waals surface area contributed by atoms with E-state index in [1.54, 1.807) is 62.3 Å². The Labute approximate surface area is 224 Å². The van der Waals surface area contributed by atoms with Crippen LogP contribution in [0.5, 0.6) is 5.88 Å². The average Bonchev–Trinajstić information content (AvgIpc) is 2.89. The van der Waals surface area contributed by atoms with Gasteiger partial charge in [-0.2, -0.15) is 0 Å². The van der Waals surface area contributed by atoms with Gasteiger partial charge in [-0.05, 0) is 44.5 Å². The molecule has 2 N–H and O–H groups in total. The number of likely N-dealkylation sites (N-methyl/N-ethyl adjacent to an activating group) is 1. The number of aliphatic hydroxyl groups excluding tert-OH is 1. The fraction of sp³-hybridized carbons (Fsp3) is 0.500. The van der Waals surface area contributed by atoms with Crippen LogP contribution in [0.25, 0.3) is 11.1 Å². The molecule has 10 nitrogen and oxygen atoms in total. The highest BCUT2D eigenvalue weighted by Gasteiger charge is 2.35. The number of hydrogen-bond donors (Lipinski definition) is 2. The zero-order valence-electron chi connectivity index (χ0n) is 23.3. The number of nitrogens with zero attached hydrogens (tertiary/aromatic N) is 4. The second-order valence-electron chi connectivity index (χ2n) is 10.5. The van der Waals surface area contributed by atoms with Crippen molar-refractivity contribution in [3.05, 3.63) is 47.7 Å². The molecule has 1 aromatic heterocycles. The van der Waals surface area contributed by atoms with Crippen molar-refractivity contribution in [1.29, 1.82) is 0 Å². The van der Waals surface area contributed by atoms with E-state index < -0.39 is 12.1 Å². The minimum atomic E-state index is -0.437. The summed E-state index contributed by atoms with van der Waals surface area (Å²) in [5, 5.41) is 12.8. The number of urea groups is 1. The first-order chi connectivity index (χ1) is 17.9. The molecule has 0 aliphatic carbocycles. The number of carbonyl (C=O) groups excluding carboxylic acids is 3. The highest BCUT2D eigenvalue weighted by molar-refractivity contribution is 5.98. The lowest BCUT2D eigenvalue weighted by Crippen LogP contribution is -2.51. The molecular weight excluding hydrogens is 486 g/mol. The molecule has 3 rings (SSSR count). The van der Waals surface area contributed by atoms with Gasteiger partial charge in [0.15, 0.2) is 0 Å². The van der Waals surface area contributed by atoms with Crippen LogP contribution < -0.4 is 10.1 Å². The summed E-state index contributed by atoms with van der Waals surface area (Å²) in [4.78, 5) is 47.7. The van der Waals surface area contributed by atoms with Crippen molar-refractivity contribution in [2.24, 2.45) is 5.92 Å². The lowest BCUT2D eigenvalue weighted by molar-refractivity contribution is 0.0352. The summed E-state index contributed by atoms with van der Waals surface area (Å²) in [6.07, 6.45) is 1.19. The van der Waals surface area contributed by atoms with Gasteiger partial charge in [-0.3, -0.25) is 9.59 Å². The Hall–Kier alpha value is -3.66. The molecule has 1 aliphatic heterocycles. The Morgan fingerprint density at radius 3 is 2.39 bits per heavy atom. The fourth-order valence-corrected chi connectivity index (χ4v) is 4.25. The molecule has 4 amide bonds. The summed E-state index contributed by atoms with van der Waals surface area (Å²) in [6, 6.07) is 8.20. The molecule has 0 unspecified atom stereocenters. The topological polar surface area (TPSA) is 115 Å². The second kappa shape index (κ2) is 12.3. The molecule has 2 aromatic rings. The van der Waals surface area contributed by atoms with Crippen molar-refractivity contribution in [2.75, 3.05) is 40.8 Å². The number of carbonyl (C=O) groups is 3. The SMILES string of the molecule is CC(C)NC(=O)N(C)C[C@H]1Oc2ncc(-c3ccc(C(=O)N(C)C)cc3)cc2C(=O)N([C@@H](C)CO)C[C@H]1C. The van der Waals surface area contributed by atoms with Gasteiger partial charge in [0.25, 0.3) is 11.8 Å². The number of ether oxygens (including phenoxy) is 1. The van der Waals surface area contributed by atoms with Crippen molar-refractivity contribution in [3.8, 4) is 17.0 Å². The first-order valence-electron chi connectivity index (χ1n) is 12.8. The van der Waals surface area contributed by atoms with Crippen LogP contribution in [0.15, 0.2) is 36.5 Å². The number of hydrogen-bond acceptors (Lipinski definition) is 6. The first kappa shape index (κ1) is 28.9. The number of fused-ring (bicyclic) bond motifs is 1. The highest BCUT2D eigenvalue weighted by atomic mass is 16.5. The standard InChI is InChI=1S/C28H39N5O5/c1-17(2)30-28(37)32(7)15-24-18(3)14-33(19(4)16-34)27(36)23-12-22(13-29-25(23)38-24)20-8-10-21(11-9-20)26(35)31(5)6/h8-13,17-19,24,34H,14-16H2,1-7H3,(H,30,37)/t18-,19+,24-/m1/s1. The Balaban J connectivity index is 1.98. The van der Waals surface area contributed by atoms with E-state index in [9.17, 15) is 19.5 Å². The Kier molecular flexibility index (Phi) is 9.32. The Morgan fingerprint density at radius 1 is 1.16 bits per heavy atom. The van der Waals surface area contributed by atoms with Crippen LogP contribution in [-0.2, 0) is 0 Å². The number of amides is 4. The van der Waals surface area contributed by atoms with Crippen LogP contribution >= 0.6 is 0 Å². The van der Waals surface area contributed by atoms with Crippen LogP contribution in [0.3, 0.4) is 0 Å². The number of aromatic nitrogens is 1. The third-order valence-corrected chi connectivity index (χ3v) is 6.61. The molecule has 1 aromatic carbocycles. The van der Waals surface area contributed by atoms with E-state index in [2.05, 4.69) is 10.3 Å².